The number of amides is 1. The first kappa shape index (κ1) is 8.94. The van der Waals surface area contributed by atoms with Crippen molar-refractivity contribution in [1.29, 1.82) is 0 Å². The molecule has 1 aromatic carbocycles. The van der Waals surface area contributed by atoms with Crippen LogP contribution in [0.1, 0.15) is 18.3 Å². The summed E-state index contributed by atoms with van der Waals surface area (Å²) in [5.74, 6) is 0.600. The van der Waals surface area contributed by atoms with Crippen molar-refractivity contribution in [2.75, 3.05) is 26.2 Å². The predicted molar refractivity (Wildman–Crippen MR) is 70.7 cm³/mol. The van der Waals surface area contributed by atoms with Crippen LogP contribution in [-0.4, -0.2) is 48.4 Å². The Morgan fingerprint density at radius 2 is 2.00 bits per heavy atom. The quantitative estimate of drug-likeness (QED) is 0.899. The second-order valence-electron chi connectivity index (χ2n) is 4.60. The van der Waals surface area contributed by atoms with Gasteiger partial charge in [-0.25, -0.2) is 4.79 Å². The summed E-state index contributed by atoms with van der Waals surface area (Å²) in [6, 6.07) is 4.50. The van der Waals surface area contributed by atoms with Gasteiger partial charge in [-0.2, -0.15) is 0 Å². The van der Waals surface area contributed by atoms with Gasteiger partial charge in [0, 0.05) is 32.0 Å². The number of likely N-dealkylation sites (tertiary alicyclic amines) is 1. The van der Waals surface area contributed by atoms with Gasteiger partial charge in [0.25, 0.3) is 0 Å². The average molecular weight is 283 g/mol. The Morgan fingerprint density at radius 3 is 2.70 bits per heavy atom. The molecule has 0 atom stereocenters. The lowest BCUT2D eigenvalue weighted by atomic mass is 10.1. The van der Waals surface area contributed by atoms with Crippen LogP contribution in [0, 0.1) is 0 Å². The summed E-state index contributed by atoms with van der Waals surface area (Å²) >= 11 is 0. The van der Waals surface area contributed by atoms with Crippen LogP contribution in [0.2, 0.25) is 0 Å². The van der Waals surface area contributed by atoms with Crippen molar-refractivity contribution < 1.29 is 29.6 Å². The van der Waals surface area contributed by atoms with E-state index in [1.54, 1.807) is 6.07 Å². The molecule has 0 unspecified atom stereocenters. The van der Waals surface area contributed by atoms with Crippen LogP contribution in [0.5, 0.6) is 17.2 Å². The number of rotatable bonds is 2. The van der Waals surface area contributed by atoms with Crippen molar-refractivity contribution in [3.8, 4) is 17.2 Å². The van der Waals surface area contributed by atoms with Crippen LogP contribution < -0.4 is 14.2 Å². The lowest BCUT2D eigenvalue weighted by Crippen LogP contribution is -2.41. The van der Waals surface area contributed by atoms with Gasteiger partial charge in [0.05, 0.1) is 5.48 Å². The maximum atomic E-state index is 10.9. The van der Waals surface area contributed by atoms with Gasteiger partial charge in [-0.1, -0.05) is 0 Å². The molecular weight excluding hydrogens is 262 g/mol. The van der Waals surface area contributed by atoms with Crippen molar-refractivity contribution >= 4 is 6.09 Å². The molecule has 0 bridgehead atoms. The molecule has 0 radical (unpaired) electrons. The predicted octanol–water partition coefficient (Wildman–Crippen LogP) is 1.98. The van der Waals surface area contributed by atoms with Crippen LogP contribution in [0.4, 0.5) is 4.79 Å². The third-order valence-corrected chi connectivity index (χ3v) is 3.29. The molecule has 1 fully saturated rings. The van der Waals surface area contributed by atoms with E-state index < -0.39 is 19.2 Å². The summed E-state index contributed by atoms with van der Waals surface area (Å²) < 4.78 is 46.1. The molecule has 1 amide bonds. The Kier molecular flexibility index (Phi) is 2.45. The zero-order valence-electron chi connectivity index (χ0n) is 14.7. The molecule has 0 spiro atoms. The van der Waals surface area contributed by atoms with Gasteiger partial charge >= 0.3 is 6.09 Å². The maximum Gasteiger partial charge on any atom is 0.407 e. The van der Waals surface area contributed by atoms with Crippen molar-refractivity contribution in [3.05, 3.63) is 18.2 Å². The number of hydrogen-bond donors (Lipinski definition) is 1. The smallest absolute Gasteiger partial charge is 0.407 e. The van der Waals surface area contributed by atoms with E-state index in [1.807, 2.05) is 0 Å². The number of nitrogens with zero attached hydrogens (tertiary/aromatic N) is 1. The average Bonchev–Trinajstić information content (AvgIpc) is 2.49. The number of carbonyl (C=O) groups is 1. The Balaban J connectivity index is 1.69. The highest BCUT2D eigenvalue weighted by Crippen LogP contribution is 2.34. The zero-order chi connectivity index (χ0) is 17.5. The summed E-state index contributed by atoms with van der Waals surface area (Å²) in [6.07, 6.45) is 0.0319. The Bertz CT molecular complexity index is 646. The van der Waals surface area contributed by atoms with E-state index >= 15 is 0 Å². The monoisotopic (exact) mass is 283 g/mol. The molecule has 1 N–H and O–H groups in total. The molecule has 1 aromatic rings. The fourth-order valence-corrected chi connectivity index (χ4v) is 2.23. The Labute approximate surface area is 122 Å². The third-order valence-electron chi connectivity index (χ3n) is 3.29. The highest BCUT2D eigenvalue weighted by Gasteiger charge is 2.23. The fraction of sp³-hybridized carbons (Fsp3) is 0.500. The fourth-order valence-electron chi connectivity index (χ4n) is 2.23. The number of fused-ring (bicyclic) bond motifs is 1. The highest BCUT2D eigenvalue weighted by molar-refractivity contribution is 5.65. The van der Waals surface area contributed by atoms with E-state index in [1.165, 1.54) is 17.0 Å². The summed E-state index contributed by atoms with van der Waals surface area (Å²) in [6.45, 7) is -4.42. The van der Waals surface area contributed by atoms with Crippen molar-refractivity contribution in [2.24, 2.45) is 0 Å². The molecule has 3 rings (SSSR count). The van der Waals surface area contributed by atoms with E-state index in [0.717, 1.165) is 0 Å². The van der Waals surface area contributed by atoms with Gasteiger partial charge in [0.2, 0.25) is 0 Å². The van der Waals surface area contributed by atoms with Crippen molar-refractivity contribution in [2.45, 2.75) is 18.9 Å². The van der Waals surface area contributed by atoms with Crippen LogP contribution in [0.15, 0.2) is 18.2 Å². The zero-order valence-corrected chi connectivity index (χ0v) is 10.7. The van der Waals surface area contributed by atoms with Crippen LogP contribution in [-0.2, 0) is 0 Å². The van der Waals surface area contributed by atoms with Gasteiger partial charge in [-0.05, 0) is 12.1 Å². The normalized spacial score (nSPS) is 26.7. The molecule has 0 aromatic heterocycles. The van der Waals surface area contributed by atoms with E-state index in [-0.39, 0.29) is 17.6 Å². The number of hydrogen-bond acceptors (Lipinski definition) is 4. The Hall–Kier alpha value is -2.11. The lowest BCUT2D eigenvalue weighted by molar-refractivity contribution is 0.0889. The summed E-state index contributed by atoms with van der Waals surface area (Å²) in [4.78, 5) is 12.2. The van der Waals surface area contributed by atoms with E-state index in [2.05, 4.69) is 0 Å². The minimum atomic E-state index is -2.62. The molecular formula is C14H17NO5. The number of ether oxygens (including phenoxy) is 3. The third kappa shape index (κ3) is 2.74. The van der Waals surface area contributed by atoms with Crippen LogP contribution >= 0.6 is 0 Å². The minimum absolute atomic E-state index is 0.0654. The van der Waals surface area contributed by atoms with Gasteiger partial charge in [0.1, 0.15) is 25.0 Å². The number of piperidine rings is 1. The lowest BCUT2D eigenvalue weighted by Gasteiger charge is -2.30. The largest absolute Gasteiger partial charge is 0.490 e. The van der Waals surface area contributed by atoms with Crippen molar-refractivity contribution in [1.82, 2.24) is 4.90 Å². The second kappa shape index (κ2) is 5.48. The molecule has 2 aliphatic heterocycles. The molecule has 2 heterocycles. The molecule has 2 aliphatic rings. The summed E-state index contributed by atoms with van der Waals surface area (Å²) in [5.41, 5.74) is 0. The molecule has 0 saturated carbocycles. The second-order valence-corrected chi connectivity index (χ2v) is 4.60. The van der Waals surface area contributed by atoms with Gasteiger partial charge in [0.15, 0.2) is 11.5 Å². The topological polar surface area (TPSA) is 68.2 Å². The summed E-state index contributed by atoms with van der Waals surface area (Å²) in [7, 11) is 0. The number of carboxylic acid groups (broad SMARTS) is 1. The standard InChI is InChI=1S/C14H17NO5/c16-14(17)15-5-3-10(4-6-15)20-11-1-2-12-13(9-11)19-8-7-18-12/h1-2,9-10H,3-8H2,(H,16,17)/i7D2,8D2. The Morgan fingerprint density at radius 1 is 1.30 bits per heavy atom. The first-order chi connectivity index (χ1) is 11.2. The molecule has 1 saturated heterocycles. The SMILES string of the molecule is [2H]C1([2H])Oc2ccc(OC3CCN(C(=O)O)CC3)cc2OC1([2H])[2H]. The highest BCUT2D eigenvalue weighted by atomic mass is 16.6. The summed E-state index contributed by atoms with van der Waals surface area (Å²) in [5, 5.41) is 8.93. The molecule has 108 valence electrons. The maximum absolute atomic E-state index is 10.9. The molecule has 0 aliphatic carbocycles. The first-order valence-corrected chi connectivity index (χ1v) is 6.34. The molecule has 20 heavy (non-hydrogen) atoms. The van der Waals surface area contributed by atoms with E-state index in [9.17, 15) is 4.79 Å². The van der Waals surface area contributed by atoms with Crippen LogP contribution in [0.3, 0.4) is 0 Å². The number of benzene rings is 1. The van der Waals surface area contributed by atoms with Crippen molar-refractivity contribution in [3.63, 3.8) is 0 Å². The van der Waals surface area contributed by atoms with E-state index in [0.29, 0.717) is 31.7 Å². The van der Waals surface area contributed by atoms with Gasteiger partial charge in [-0.3, -0.25) is 0 Å². The minimum Gasteiger partial charge on any atom is -0.490 e. The molecule has 6 heteroatoms. The van der Waals surface area contributed by atoms with E-state index in [4.69, 9.17) is 24.8 Å². The van der Waals surface area contributed by atoms with Gasteiger partial charge < -0.3 is 24.2 Å². The van der Waals surface area contributed by atoms with Crippen LogP contribution in [0.25, 0.3) is 0 Å². The molecule has 6 nitrogen and oxygen atoms in total. The first-order valence-electron chi connectivity index (χ1n) is 8.34. The van der Waals surface area contributed by atoms with Gasteiger partial charge in [-0.15, -0.1) is 0 Å².